The number of aliphatic carboxylic acids is 1. The van der Waals surface area contributed by atoms with Crippen molar-refractivity contribution in [2.75, 3.05) is 18.1 Å². The van der Waals surface area contributed by atoms with Crippen LogP contribution in [0.2, 0.25) is 0 Å². The zero-order valence-electron chi connectivity index (χ0n) is 11.4. The van der Waals surface area contributed by atoms with E-state index in [1.807, 2.05) is 0 Å². The molecule has 2 aliphatic rings. The van der Waals surface area contributed by atoms with Crippen molar-refractivity contribution in [2.45, 2.75) is 31.7 Å². The summed E-state index contributed by atoms with van der Waals surface area (Å²) < 4.78 is 22.6. The number of carbonyl (C=O) groups excluding carboxylic acids is 1. The number of carboxylic acids is 1. The van der Waals surface area contributed by atoms with Crippen molar-refractivity contribution in [1.29, 1.82) is 0 Å². The van der Waals surface area contributed by atoms with Gasteiger partial charge in [0.05, 0.1) is 11.5 Å². The summed E-state index contributed by atoms with van der Waals surface area (Å²) in [6.07, 6.45) is 2.13. The van der Waals surface area contributed by atoms with Crippen LogP contribution in [-0.2, 0) is 14.6 Å². The van der Waals surface area contributed by atoms with E-state index in [4.69, 9.17) is 0 Å². The van der Waals surface area contributed by atoms with Gasteiger partial charge in [-0.1, -0.05) is 0 Å². The van der Waals surface area contributed by atoms with E-state index in [0.29, 0.717) is 6.42 Å². The minimum atomic E-state index is -2.96. The van der Waals surface area contributed by atoms with Gasteiger partial charge < -0.3 is 15.7 Å². The van der Waals surface area contributed by atoms with Crippen LogP contribution in [0.5, 0.6) is 0 Å². The van der Waals surface area contributed by atoms with Gasteiger partial charge in [-0.25, -0.2) is 18.0 Å². The molecule has 3 N–H and O–H groups in total. The molecule has 1 aliphatic carbocycles. The van der Waals surface area contributed by atoms with Crippen LogP contribution in [-0.4, -0.2) is 49.1 Å². The molecule has 0 radical (unpaired) electrons. The zero-order chi connectivity index (χ0) is 15.0. The Balaban J connectivity index is 1.82. The van der Waals surface area contributed by atoms with Gasteiger partial charge in [0, 0.05) is 6.54 Å². The molecule has 1 saturated heterocycles. The minimum Gasteiger partial charge on any atom is -0.480 e. The van der Waals surface area contributed by atoms with Crippen LogP contribution in [0.25, 0.3) is 0 Å². The zero-order valence-corrected chi connectivity index (χ0v) is 12.2. The van der Waals surface area contributed by atoms with Crippen LogP contribution in [0.4, 0.5) is 4.79 Å². The molecular formula is C12H20N2O5S. The molecule has 2 atom stereocenters. The fourth-order valence-electron chi connectivity index (χ4n) is 2.54. The van der Waals surface area contributed by atoms with Crippen LogP contribution >= 0.6 is 0 Å². The summed E-state index contributed by atoms with van der Waals surface area (Å²) in [7, 11) is -2.96. The van der Waals surface area contributed by atoms with Gasteiger partial charge in [0.2, 0.25) is 0 Å². The van der Waals surface area contributed by atoms with Gasteiger partial charge in [0.25, 0.3) is 0 Å². The Morgan fingerprint density at radius 3 is 2.40 bits per heavy atom. The van der Waals surface area contributed by atoms with Crippen molar-refractivity contribution >= 4 is 21.8 Å². The first kappa shape index (κ1) is 15.1. The molecule has 0 bridgehead atoms. The standard InChI is InChI=1S/C12H20N2O5S/c1-12(10(15)16,9-2-3-9)14-11(17)13-6-8-4-5-20(18,19)7-8/h8-9H,2-7H2,1H3,(H,15,16)(H2,13,14,17). The van der Waals surface area contributed by atoms with Crippen LogP contribution in [0, 0.1) is 11.8 Å². The highest BCUT2D eigenvalue weighted by molar-refractivity contribution is 7.91. The van der Waals surface area contributed by atoms with Crippen molar-refractivity contribution in [3.8, 4) is 0 Å². The maximum absolute atomic E-state index is 11.8. The highest BCUT2D eigenvalue weighted by Crippen LogP contribution is 2.39. The third-order valence-corrected chi connectivity index (χ3v) is 5.93. The largest absolute Gasteiger partial charge is 0.480 e. The Kier molecular flexibility index (Phi) is 3.95. The molecule has 2 fully saturated rings. The summed E-state index contributed by atoms with van der Waals surface area (Å²) in [4.78, 5) is 23.0. The number of carboxylic acid groups (broad SMARTS) is 1. The second-order valence-electron chi connectivity index (χ2n) is 5.89. The molecule has 1 aliphatic heterocycles. The number of hydrogen-bond acceptors (Lipinski definition) is 4. The molecule has 2 amide bonds. The average molecular weight is 304 g/mol. The van der Waals surface area contributed by atoms with Crippen molar-refractivity contribution in [3.05, 3.63) is 0 Å². The Labute approximate surface area is 118 Å². The summed E-state index contributed by atoms with van der Waals surface area (Å²) >= 11 is 0. The van der Waals surface area contributed by atoms with E-state index < -0.39 is 27.4 Å². The number of urea groups is 1. The van der Waals surface area contributed by atoms with Gasteiger partial charge in [-0.3, -0.25) is 0 Å². The Hall–Kier alpha value is -1.31. The molecule has 1 heterocycles. The van der Waals surface area contributed by atoms with Gasteiger partial charge in [-0.15, -0.1) is 0 Å². The van der Waals surface area contributed by atoms with Crippen molar-refractivity contribution in [2.24, 2.45) is 11.8 Å². The van der Waals surface area contributed by atoms with Crippen LogP contribution in [0.15, 0.2) is 0 Å². The molecule has 0 aromatic carbocycles. The highest BCUT2D eigenvalue weighted by atomic mass is 32.2. The smallest absolute Gasteiger partial charge is 0.329 e. The maximum Gasteiger partial charge on any atom is 0.329 e. The second-order valence-corrected chi connectivity index (χ2v) is 8.11. The van der Waals surface area contributed by atoms with Gasteiger partial charge >= 0.3 is 12.0 Å². The number of sulfone groups is 1. The SMILES string of the molecule is CC(NC(=O)NCC1CCS(=O)(=O)C1)(C(=O)O)C1CC1. The van der Waals surface area contributed by atoms with Crippen molar-refractivity contribution in [1.82, 2.24) is 10.6 Å². The Morgan fingerprint density at radius 2 is 1.95 bits per heavy atom. The number of rotatable bonds is 5. The Bertz CT molecular complexity index is 514. The lowest BCUT2D eigenvalue weighted by Crippen LogP contribution is -2.57. The van der Waals surface area contributed by atoms with E-state index in [9.17, 15) is 23.1 Å². The van der Waals surface area contributed by atoms with Crippen LogP contribution < -0.4 is 10.6 Å². The molecule has 0 aromatic heterocycles. The molecule has 20 heavy (non-hydrogen) atoms. The first-order valence-corrected chi connectivity index (χ1v) is 8.55. The monoisotopic (exact) mass is 304 g/mol. The van der Waals surface area contributed by atoms with Gasteiger partial charge in [0.15, 0.2) is 9.84 Å². The average Bonchev–Trinajstić information content (AvgIpc) is 3.12. The highest BCUT2D eigenvalue weighted by Gasteiger charge is 2.48. The van der Waals surface area contributed by atoms with E-state index in [1.165, 1.54) is 6.92 Å². The molecule has 0 aromatic rings. The predicted molar refractivity (Wildman–Crippen MR) is 72.1 cm³/mol. The van der Waals surface area contributed by atoms with Gasteiger partial charge in [-0.2, -0.15) is 0 Å². The molecule has 0 spiro atoms. The summed E-state index contributed by atoms with van der Waals surface area (Å²) in [5.41, 5.74) is -1.24. The summed E-state index contributed by atoms with van der Waals surface area (Å²) in [6.45, 7) is 1.76. The molecular weight excluding hydrogens is 284 g/mol. The third-order valence-electron chi connectivity index (χ3n) is 4.09. The minimum absolute atomic E-state index is 0.0300. The summed E-state index contributed by atoms with van der Waals surface area (Å²) in [5, 5.41) is 14.3. The van der Waals surface area contributed by atoms with Crippen molar-refractivity contribution in [3.63, 3.8) is 0 Å². The third kappa shape index (κ3) is 3.41. The molecule has 7 nitrogen and oxygen atoms in total. The summed E-state index contributed by atoms with van der Waals surface area (Å²) in [5.74, 6) is -0.902. The molecule has 2 unspecified atom stereocenters. The normalized spacial score (nSPS) is 27.6. The molecule has 2 rings (SSSR count). The fraction of sp³-hybridized carbons (Fsp3) is 0.833. The Morgan fingerprint density at radius 1 is 1.30 bits per heavy atom. The summed E-state index contributed by atoms with van der Waals surface area (Å²) in [6, 6.07) is -0.550. The lowest BCUT2D eigenvalue weighted by Gasteiger charge is -2.26. The van der Waals surface area contributed by atoms with E-state index in [1.54, 1.807) is 0 Å². The number of hydrogen-bond donors (Lipinski definition) is 3. The first-order chi connectivity index (χ1) is 9.23. The van der Waals surface area contributed by atoms with Crippen LogP contribution in [0.3, 0.4) is 0 Å². The quantitative estimate of drug-likeness (QED) is 0.660. The van der Waals surface area contributed by atoms with E-state index >= 15 is 0 Å². The molecule has 1 saturated carbocycles. The van der Waals surface area contributed by atoms with Gasteiger partial charge in [-0.05, 0) is 38.0 Å². The van der Waals surface area contributed by atoms with E-state index in [2.05, 4.69) is 10.6 Å². The first-order valence-electron chi connectivity index (χ1n) is 6.73. The van der Waals surface area contributed by atoms with Crippen LogP contribution in [0.1, 0.15) is 26.2 Å². The number of amides is 2. The topological polar surface area (TPSA) is 113 Å². The number of nitrogens with one attached hydrogen (secondary N) is 2. The number of carbonyl (C=O) groups is 2. The van der Waals surface area contributed by atoms with E-state index in [-0.39, 0.29) is 29.9 Å². The predicted octanol–water partition coefficient (Wildman–Crippen LogP) is -0.0264. The lowest BCUT2D eigenvalue weighted by atomic mass is 9.96. The maximum atomic E-state index is 11.8. The van der Waals surface area contributed by atoms with E-state index in [0.717, 1.165) is 12.8 Å². The second kappa shape index (κ2) is 5.23. The van der Waals surface area contributed by atoms with Gasteiger partial charge in [0.1, 0.15) is 5.54 Å². The van der Waals surface area contributed by atoms with Crippen molar-refractivity contribution < 1.29 is 23.1 Å². The fourth-order valence-corrected chi connectivity index (χ4v) is 4.40. The molecule has 114 valence electrons. The lowest BCUT2D eigenvalue weighted by molar-refractivity contribution is -0.144. The molecule has 8 heteroatoms.